The summed E-state index contributed by atoms with van der Waals surface area (Å²) < 4.78 is 1.11. The van der Waals surface area contributed by atoms with Gasteiger partial charge >= 0.3 is 0 Å². The van der Waals surface area contributed by atoms with Gasteiger partial charge in [0.05, 0.1) is 0 Å². The first-order valence-corrected chi connectivity index (χ1v) is 7.64. The first-order valence-electron chi connectivity index (χ1n) is 6.85. The van der Waals surface area contributed by atoms with E-state index in [1.807, 2.05) is 6.07 Å². The van der Waals surface area contributed by atoms with E-state index in [1.165, 1.54) is 5.69 Å². The van der Waals surface area contributed by atoms with E-state index in [-0.39, 0.29) is 0 Å². The van der Waals surface area contributed by atoms with Crippen LogP contribution in [0.1, 0.15) is 12.8 Å². The van der Waals surface area contributed by atoms with Gasteiger partial charge in [0, 0.05) is 41.7 Å². The van der Waals surface area contributed by atoms with Crippen LogP contribution in [0, 0.1) is 0 Å². The van der Waals surface area contributed by atoms with Crippen LogP contribution in [0.25, 0.3) is 0 Å². The van der Waals surface area contributed by atoms with Crippen molar-refractivity contribution < 1.29 is 0 Å². The molecule has 0 amide bonds. The topological polar surface area (TPSA) is 41.0 Å². The summed E-state index contributed by atoms with van der Waals surface area (Å²) in [4.78, 5) is 10.9. The lowest BCUT2D eigenvalue weighted by molar-refractivity contribution is 0.520. The van der Waals surface area contributed by atoms with Crippen LogP contribution in [0.3, 0.4) is 0 Å². The van der Waals surface area contributed by atoms with E-state index in [4.69, 9.17) is 0 Å². The Morgan fingerprint density at radius 2 is 1.70 bits per heavy atom. The molecule has 1 aromatic heterocycles. The quantitative estimate of drug-likeness (QED) is 0.936. The molecule has 0 spiro atoms. The molecule has 0 unspecified atom stereocenters. The van der Waals surface area contributed by atoms with Gasteiger partial charge < -0.3 is 10.2 Å². The van der Waals surface area contributed by atoms with Crippen molar-refractivity contribution in [1.29, 1.82) is 0 Å². The molecule has 1 saturated heterocycles. The summed E-state index contributed by atoms with van der Waals surface area (Å²) in [7, 11) is 0. The highest BCUT2D eigenvalue weighted by Crippen LogP contribution is 2.20. The Labute approximate surface area is 127 Å². The average molecular weight is 333 g/mol. The number of hydrogen-bond donors (Lipinski definition) is 1. The lowest BCUT2D eigenvalue weighted by Gasteiger charge is -2.32. The molecule has 5 heteroatoms. The molecule has 0 atom stereocenters. The molecule has 1 N–H and O–H groups in total. The summed E-state index contributed by atoms with van der Waals surface area (Å²) in [6.45, 7) is 2.00. The molecule has 20 heavy (non-hydrogen) atoms. The number of piperidine rings is 1. The smallest absolute Gasteiger partial charge is 0.225 e. The van der Waals surface area contributed by atoms with Crippen LogP contribution in [0.2, 0.25) is 0 Å². The van der Waals surface area contributed by atoms with Crippen molar-refractivity contribution in [1.82, 2.24) is 9.97 Å². The Hall–Kier alpha value is -1.62. The molecule has 1 aromatic carbocycles. The number of benzene rings is 1. The molecule has 3 rings (SSSR count). The van der Waals surface area contributed by atoms with E-state index in [2.05, 4.69) is 60.4 Å². The normalized spacial score (nSPS) is 16.1. The molecule has 4 nitrogen and oxygen atoms in total. The average Bonchev–Trinajstić information content (AvgIpc) is 2.51. The van der Waals surface area contributed by atoms with Crippen molar-refractivity contribution in [2.24, 2.45) is 0 Å². The van der Waals surface area contributed by atoms with Gasteiger partial charge in [0.25, 0.3) is 0 Å². The van der Waals surface area contributed by atoms with E-state index in [0.29, 0.717) is 6.04 Å². The van der Waals surface area contributed by atoms with Gasteiger partial charge in [-0.2, -0.15) is 0 Å². The summed E-state index contributed by atoms with van der Waals surface area (Å²) in [5, 5.41) is 3.59. The third-order valence-electron chi connectivity index (χ3n) is 3.54. The Balaban J connectivity index is 1.55. The predicted octanol–water partition coefficient (Wildman–Crippen LogP) is 3.32. The molecular weight excluding hydrogens is 316 g/mol. The second-order valence-corrected chi connectivity index (χ2v) is 5.88. The standard InChI is InChI=1S/C15H17BrN4/c16-12-2-4-13(5-3-12)19-14-6-10-20(11-7-14)15-17-8-1-9-18-15/h1-5,8-9,14,19H,6-7,10-11H2. The zero-order valence-electron chi connectivity index (χ0n) is 11.2. The predicted molar refractivity (Wildman–Crippen MR) is 85.0 cm³/mol. The largest absolute Gasteiger partial charge is 0.382 e. The fraction of sp³-hybridized carbons (Fsp3) is 0.333. The first kappa shape index (κ1) is 13.4. The molecule has 0 aliphatic carbocycles. The van der Waals surface area contributed by atoms with Crippen LogP contribution in [-0.4, -0.2) is 29.1 Å². The molecule has 104 valence electrons. The Kier molecular flexibility index (Phi) is 4.16. The Bertz CT molecular complexity index is 536. The maximum absolute atomic E-state index is 4.31. The zero-order valence-corrected chi connectivity index (χ0v) is 12.8. The summed E-state index contributed by atoms with van der Waals surface area (Å²) >= 11 is 3.46. The van der Waals surface area contributed by atoms with Gasteiger partial charge in [-0.1, -0.05) is 15.9 Å². The van der Waals surface area contributed by atoms with E-state index < -0.39 is 0 Å². The van der Waals surface area contributed by atoms with Crippen molar-refractivity contribution in [2.45, 2.75) is 18.9 Å². The number of aromatic nitrogens is 2. The number of nitrogens with zero attached hydrogens (tertiary/aromatic N) is 3. The van der Waals surface area contributed by atoms with Gasteiger partial charge in [-0.05, 0) is 43.2 Å². The summed E-state index contributed by atoms with van der Waals surface area (Å²) in [5.41, 5.74) is 1.18. The number of rotatable bonds is 3. The third-order valence-corrected chi connectivity index (χ3v) is 4.07. The van der Waals surface area contributed by atoms with Crippen molar-refractivity contribution in [3.05, 3.63) is 47.2 Å². The van der Waals surface area contributed by atoms with Crippen LogP contribution < -0.4 is 10.2 Å². The highest BCUT2D eigenvalue weighted by Gasteiger charge is 2.20. The molecule has 1 aliphatic heterocycles. The SMILES string of the molecule is Brc1ccc(NC2CCN(c3ncccn3)CC2)cc1. The minimum absolute atomic E-state index is 0.524. The van der Waals surface area contributed by atoms with Crippen molar-refractivity contribution in [2.75, 3.05) is 23.3 Å². The summed E-state index contributed by atoms with van der Waals surface area (Å²) in [5.74, 6) is 0.842. The number of hydrogen-bond acceptors (Lipinski definition) is 4. The number of halogens is 1. The molecule has 1 aliphatic rings. The molecule has 0 bridgehead atoms. The highest BCUT2D eigenvalue weighted by molar-refractivity contribution is 9.10. The van der Waals surface area contributed by atoms with E-state index in [9.17, 15) is 0 Å². The van der Waals surface area contributed by atoms with Gasteiger partial charge in [0.1, 0.15) is 0 Å². The first-order chi connectivity index (χ1) is 9.81. The van der Waals surface area contributed by atoms with Crippen LogP contribution in [0.5, 0.6) is 0 Å². The monoisotopic (exact) mass is 332 g/mol. The Morgan fingerprint density at radius 1 is 1.05 bits per heavy atom. The van der Waals surface area contributed by atoms with Crippen LogP contribution in [0.15, 0.2) is 47.2 Å². The van der Waals surface area contributed by atoms with Gasteiger partial charge in [-0.3, -0.25) is 0 Å². The van der Waals surface area contributed by atoms with Crippen LogP contribution in [-0.2, 0) is 0 Å². The van der Waals surface area contributed by atoms with Gasteiger partial charge in [0.15, 0.2) is 0 Å². The molecular formula is C15H17BrN4. The number of nitrogens with one attached hydrogen (secondary N) is 1. The molecule has 1 fully saturated rings. The van der Waals surface area contributed by atoms with Crippen LogP contribution >= 0.6 is 15.9 Å². The summed E-state index contributed by atoms with van der Waals surface area (Å²) in [6, 6.07) is 10.7. The fourth-order valence-electron chi connectivity index (χ4n) is 2.46. The van der Waals surface area contributed by atoms with E-state index >= 15 is 0 Å². The van der Waals surface area contributed by atoms with Gasteiger partial charge in [-0.25, -0.2) is 9.97 Å². The van der Waals surface area contributed by atoms with Crippen molar-refractivity contribution >= 4 is 27.6 Å². The molecule has 0 saturated carbocycles. The van der Waals surface area contributed by atoms with E-state index in [1.54, 1.807) is 12.4 Å². The van der Waals surface area contributed by atoms with Crippen molar-refractivity contribution in [3.63, 3.8) is 0 Å². The fourth-order valence-corrected chi connectivity index (χ4v) is 2.72. The van der Waals surface area contributed by atoms with Gasteiger partial charge in [0.2, 0.25) is 5.95 Å². The maximum atomic E-state index is 4.31. The van der Waals surface area contributed by atoms with Crippen LogP contribution in [0.4, 0.5) is 11.6 Å². The molecule has 0 radical (unpaired) electrons. The second kappa shape index (κ2) is 6.22. The zero-order chi connectivity index (χ0) is 13.8. The minimum atomic E-state index is 0.524. The highest BCUT2D eigenvalue weighted by atomic mass is 79.9. The van der Waals surface area contributed by atoms with Crippen molar-refractivity contribution in [3.8, 4) is 0 Å². The maximum Gasteiger partial charge on any atom is 0.225 e. The summed E-state index contributed by atoms with van der Waals surface area (Å²) in [6.07, 6.45) is 5.81. The lowest BCUT2D eigenvalue weighted by Crippen LogP contribution is -2.39. The lowest BCUT2D eigenvalue weighted by atomic mass is 10.0. The second-order valence-electron chi connectivity index (χ2n) is 4.96. The third kappa shape index (κ3) is 3.28. The molecule has 2 heterocycles. The number of anilines is 2. The molecule has 2 aromatic rings. The minimum Gasteiger partial charge on any atom is -0.382 e. The van der Waals surface area contributed by atoms with Gasteiger partial charge in [-0.15, -0.1) is 0 Å². The van der Waals surface area contributed by atoms with E-state index in [0.717, 1.165) is 36.4 Å². The Morgan fingerprint density at radius 3 is 2.35 bits per heavy atom.